The molecule has 0 bridgehead atoms. The van der Waals surface area contributed by atoms with Crippen molar-refractivity contribution in [2.45, 2.75) is 32.7 Å². The lowest BCUT2D eigenvalue weighted by Crippen LogP contribution is -2.31. The lowest BCUT2D eigenvalue weighted by Gasteiger charge is -2.36. The Labute approximate surface area is 148 Å². The van der Waals surface area contributed by atoms with Gasteiger partial charge in [0, 0.05) is 22.9 Å². The van der Waals surface area contributed by atoms with Crippen LogP contribution in [0.25, 0.3) is 21.9 Å². The van der Waals surface area contributed by atoms with Gasteiger partial charge >= 0.3 is 0 Å². The number of allylic oxidation sites excluding steroid dienone is 2. The molecular weight excluding hydrogens is 306 g/mol. The van der Waals surface area contributed by atoms with E-state index in [-0.39, 0.29) is 0 Å². The van der Waals surface area contributed by atoms with E-state index in [1.54, 1.807) is 0 Å². The number of hydrogen-bond donors (Lipinski definition) is 0. The van der Waals surface area contributed by atoms with Crippen molar-refractivity contribution in [2.24, 2.45) is 5.92 Å². The van der Waals surface area contributed by atoms with Gasteiger partial charge in [0.05, 0.1) is 6.04 Å². The highest BCUT2D eigenvalue weighted by Gasteiger charge is 2.28. The molecule has 0 radical (unpaired) electrons. The maximum Gasteiger partial charge on any atom is 0.141 e. The van der Waals surface area contributed by atoms with Gasteiger partial charge in [-0.3, -0.25) is 0 Å². The van der Waals surface area contributed by atoms with E-state index in [0.717, 1.165) is 30.6 Å². The van der Waals surface area contributed by atoms with E-state index in [0.29, 0.717) is 12.0 Å². The zero-order valence-electron chi connectivity index (χ0n) is 14.8. The van der Waals surface area contributed by atoms with Gasteiger partial charge in [0.1, 0.15) is 11.2 Å². The molecule has 2 aliphatic rings. The summed E-state index contributed by atoms with van der Waals surface area (Å²) in [4.78, 5) is 2.42. The van der Waals surface area contributed by atoms with Crippen LogP contribution in [0.3, 0.4) is 0 Å². The van der Waals surface area contributed by atoms with Crippen LogP contribution in [0, 0.1) is 5.92 Å². The Hall–Kier alpha value is -2.48. The zero-order chi connectivity index (χ0) is 17.0. The molecule has 0 N–H and O–H groups in total. The molecular formula is C23H23NO. The standard InChI is InChI=1S/C23H23NO/c1-15(2)14-17-6-5-7-18-19-10-9-16-11-13-24-12-4-3-8-20(24)21(16)23(19)25-22(17)18/h3-10,12,15,20H,11,13-14H2,1-2H3. The third-order valence-electron chi connectivity index (χ3n) is 5.48. The molecule has 3 heterocycles. The first kappa shape index (κ1) is 14.8. The molecule has 0 aliphatic carbocycles. The number of nitrogens with zero attached hydrogens (tertiary/aromatic N) is 1. The molecule has 1 unspecified atom stereocenters. The number of rotatable bonds is 2. The molecule has 0 amide bonds. The molecule has 2 heteroatoms. The molecule has 1 aromatic heterocycles. The van der Waals surface area contributed by atoms with Crippen LogP contribution in [-0.4, -0.2) is 11.4 Å². The summed E-state index contributed by atoms with van der Waals surface area (Å²) in [5.74, 6) is 0.620. The molecule has 0 spiro atoms. The fourth-order valence-corrected chi connectivity index (χ4v) is 4.38. The lowest BCUT2D eigenvalue weighted by molar-refractivity contribution is 0.305. The van der Waals surface area contributed by atoms with Crippen LogP contribution in [0.5, 0.6) is 0 Å². The van der Waals surface area contributed by atoms with Gasteiger partial charge in [0.2, 0.25) is 0 Å². The van der Waals surface area contributed by atoms with E-state index >= 15 is 0 Å². The quantitative estimate of drug-likeness (QED) is 0.593. The van der Waals surface area contributed by atoms with E-state index in [4.69, 9.17) is 4.42 Å². The molecule has 5 rings (SSSR count). The Morgan fingerprint density at radius 2 is 1.96 bits per heavy atom. The predicted molar refractivity (Wildman–Crippen MR) is 104 cm³/mol. The van der Waals surface area contributed by atoms with Crippen molar-refractivity contribution in [3.63, 3.8) is 0 Å². The van der Waals surface area contributed by atoms with Crippen molar-refractivity contribution >= 4 is 21.9 Å². The first-order valence-corrected chi connectivity index (χ1v) is 9.29. The topological polar surface area (TPSA) is 16.4 Å². The van der Waals surface area contributed by atoms with Gasteiger partial charge < -0.3 is 9.32 Å². The summed E-state index contributed by atoms with van der Waals surface area (Å²) in [6.45, 7) is 5.60. The third kappa shape index (κ3) is 2.24. The second-order valence-electron chi connectivity index (χ2n) is 7.67. The van der Waals surface area contributed by atoms with E-state index < -0.39 is 0 Å². The fourth-order valence-electron chi connectivity index (χ4n) is 4.38. The average Bonchev–Trinajstić information content (AvgIpc) is 3.01. The van der Waals surface area contributed by atoms with Gasteiger partial charge in [0.25, 0.3) is 0 Å². The minimum absolute atomic E-state index is 0.298. The second kappa shape index (κ2) is 5.52. The SMILES string of the molecule is CC(C)Cc1cccc2c1oc1c3c(ccc12)CCN1C=CC=CC31. The molecule has 25 heavy (non-hydrogen) atoms. The van der Waals surface area contributed by atoms with Crippen molar-refractivity contribution in [1.29, 1.82) is 0 Å². The van der Waals surface area contributed by atoms with Gasteiger partial charge in [-0.1, -0.05) is 56.3 Å². The number of fused-ring (bicyclic) bond motifs is 7. The molecule has 2 nitrogen and oxygen atoms in total. The Kier molecular flexibility index (Phi) is 3.27. The van der Waals surface area contributed by atoms with E-state index in [2.05, 4.69) is 73.5 Å². The maximum absolute atomic E-state index is 6.55. The average molecular weight is 329 g/mol. The lowest BCUT2D eigenvalue weighted by atomic mass is 9.89. The smallest absolute Gasteiger partial charge is 0.141 e. The van der Waals surface area contributed by atoms with Crippen molar-refractivity contribution < 1.29 is 4.42 Å². The highest BCUT2D eigenvalue weighted by Crippen LogP contribution is 2.42. The summed E-state index contributed by atoms with van der Waals surface area (Å²) in [5, 5.41) is 2.51. The Balaban J connectivity index is 1.79. The van der Waals surface area contributed by atoms with Gasteiger partial charge in [0.15, 0.2) is 0 Å². The van der Waals surface area contributed by atoms with Crippen LogP contribution in [0.4, 0.5) is 0 Å². The number of benzene rings is 2. The number of hydrogen-bond acceptors (Lipinski definition) is 2. The number of furan rings is 1. The minimum atomic E-state index is 0.298. The Morgan fingerprint density at radius 1 is 1.08 bits per heavy atom. The van der Waals surface area contributed by atoms with Gasteiger partial charge in [-0.05, 0) is 42.2 Å². The zero-order valence-corrected chi connectivity index (χ0v) is 14.8. The van der Waals surface area contributed by atoms with Crippen molar-refractivity contribution in [2.75, 3.05) is 6.54 Å². The highest BCUT2D eigenvalue weighted by molar-refractivity contribution is 6.07. The largest absolute Gasteiger partial charge is 0.455 e. The predicted octanol–water partition coefficient (Wildman–Crippen LogP) is 5.77. The Bertz CT molecular complexity index is 1020. The van der Waals surface area contributed by atoms with E-state index in [1.165, 1.54) is 27.5 Å². The van der Waals surface area contributed by atoms with Crippen LogP contribution in [0.2, 0.25) is 0 Å². The fraction of sp³-hybridized carbons (Fsp3) is 0.304. The van der Waals surface area contributed by atoms with Crippen molar-refractivity contribution in [1.82, 2.24) is 4.90 Å². The van der Waals surface area contributed by atoms with Crippen LogP contribution >= 0.6 is 0 Å². The van der Waals surface area contributed by atoms with Crippen LogP contribution in [-0.2, 0) is 12.8 Å². The second-order valence-corrected chi connectivity index (χ2v) is 7.67. The minimum Gasteiger partial charge on any atom is -0.455 e. The number of para-hydroxylation sites is 1. The van der Waals surface area contributed by atoms with Crippen molar-refractivity contribution in [3.8, 4) is 0 Å². The summed E-state index contributed by atoms with van der Waals surface area (Å²) in [5.41, 5.74) is 6.27. The maximum atomic E-state index is 6.55. The van der Waals surface area contributed by atoms with Gasteiger partial charge in [-0.25, -0.2) is 0 Å². The van der Waals surface area contributed by atoms with Crippen LogP contribution in [0.1, 0.15) is 36.6 Å². The normalized spacial score (nSPS) is 19.0. The van der Waals surface area contributed by atoms with Gasteiger partial charge in [-0.2, -0.15) is 0 Å². The first-order valence-electron chi connectivity index (χ1n) is 9.29. The summed E-state index contributed by atoms with van der Waals surface area (Å²) in [7, 11) is 0. The van der Waals surface area contributed by atoms with E-state index in [9.17, 15) is 0 Å². The van der Waals surface area contributed by atoms with Gasteiger partial charge in [-0.15, -0.1) is 0 Å². The highest BCUT2D eigenvalue weighted by atomic mass is 16.3. The monoisotopic (exact) mass is 329 g/mol. The third-order valence-corrected chi connectivity index (χ3v) is 5.48. The summed E-state index contributed by atoms with van der Waals surface area (Å²) >= 11 is 0. The van der Waals surface area contributed by atoms with Crippen molar-refractivity contribution in [3.05, 3.63) is 71.5 Å². The summed E-state index contributed by atoms with van der Waals surface area (Å²) in [6.07, 6.45) is 10.9. The molecule has 0 saturated heterocycles. The molecule has 2 aromatic carbocycles. The molecule has 2 aliphatic heterocycles. The van der Waals surface area contributed by atoms with Crippen LogP contribution < -0.4 is 0 Å². The molecule has 1 atom stereocenters. The molecule has 126 valence electrons. The molecule has 0 saturated carbocycles. The Morgan fingerprint density at radius 3 is 2.84 bits per heavy atom. The summed E-state index contributed by atoms with van der Waals surface area (Å²) in [6, 6.07) is 11.5. The molecule has 3 aromatic rings. The van der Waals surface area contributed by atoms with Crippen LogP contribution in [0.15, 0.2) is 59.2 Å². The van der Waals surface area contributed by atoms with E-state index in [1.807, 2.05) is 0 Å². The molecule has 0 fully saturated rings. The first-order chi connectivity index (χ1) is 12.2. The summed E-state index contributed by atoms with van der Waals surface area (Å²) < 4.78 is 6.55.